The van der Waals surface area contributed by atoms with Crippen molar-refractivity contribution >= 4 is 11.7 Å². The van der Waals surface area contributed by atoms with E-state index in [-0.39, 0.29) is 11.7 Å². The number of hydrogen-bond donors (Lipinski definition) is 1. The Morgan fingerprint density at radius 1 is 1.25 bits per heavy atom. The number of hydrogen-bond acceptors (Lipinski definition) is 2. The molecule has 12 heavy (non-hydrogen) atoms. The fourth-order valence-electron chi connectivity index (χ4n) is 0.696. The van der Waals surface area contributed by atoms with Crippen LogP contribution in [0.25, 0.3) is 0 Å². The highest BCUT2D eigenvalue weighted by Gasteiger charge is 2.03. The Balaban J connectivity index is 3.40. The second-order valence-corrected chi connectivity index (χ2v) is 3.40. The lowest BCUT2D eigenvalue weighted by Gasteiger charge is -2.06. The third-order valence-corrected chi connectivity index (χ3v) is 1.41. The van der Waals surface area contributed by atoms with E-state index in [2.05, 4.69) is 5.32 Å². The van der Waals surface area contributed by atoms with Crippen molar-refractivity contribution in [2.75, 3.05) is 6.54 Å². The Labute approximate surface area is 73.5 Å². The minimum Gasteiger partial charge on any atom is -0.356 e. The Bertz CT molecular complexity index is 164. The molecule has 3 nitrogen and oxygen atoms in total. The average Bonchev–Trinajstić information content (AvgIpc) is 1.96. The summed E-state index contributed by atoms with van der Waals surface area (Å²) in [5, 5.41) is 2.75. The smallest absolute Gasteiger partial charge is 0.220 e. The van der Waals surface area contributed by atoms with Crippen LogP contribution in [-0.2, 0) is 9.59 Å². The monoisotopic (exact) mass is 171 g/mol. The van der Waals surface area contributed by atoms with Crippen LogP contribution in [-0.4, -0.2) is 18.2 Å². The van der Waals surface area contributed by atoms with Gasteiger partial charge in [0.15, 0.2) is 0 Å². The molecule has 0 aromatic carbocycles. The van der Waals surface area contributed by atoms with Crippen LogP contribution in [0.15, 0.2) is 0 Å². The molecule has 1 amide bonds. The van der Waals surface area contributed by atoms with E-state index in [0.717, 1.165) is 0 Å². The molecule has 70 valence electrons. The number of carbonyl (C=O) groups excluding carboxylic acids is 2. The van der Waals surface area contributed by atoms with Crippen molar-refractivity contribution in [1.82, 2.24) is 5.32 Å². The molecule has 0 unspecified atom stereocenters. The third-order valence-electron chi connectivity index (χ3n) is 1.41. The summed E-state index contributed by atoms with van der Waals surface area (Å²) in [6.45, 7) is 6.25. The number of rotatable bonds is 5. The first kappa shape index (κ1) is 11.1. The van der Waals surface area contributed by atoms with Gasteiger partial charge < -0.3 is 10.1 Å². The summed E-state index contributed by atoms with van der Waals surface area (Å²) in [4.78, 5) is 21.5. The van der Waals surface area contributed by atoms with E-state index in [1.807, 2.05) is 13.8 Å². The molecule has 0 atom stereocenters. The van der Waals surface area contributed by atoms with E-state index in [4.69, 9.17) is 0 Å². The topological polar surface area (TPSA) is 46.2 Å². The zero-order valence-corrected chi connectivity index (χ0v) is 8.02. The number of carbonyl (C=O) groups is 2. The van der Waals surface area contributed by atoms with Gasteiger partial charge in [-0.25, -0.2) is 0 Å². The zero-order chi connectivity index (χ0) is 9.56. The number of Topliss-reactive ketones (excluding diaryl/α,β-unsaturated/α-hetero) is 1. The number of nitrogens with one attached hydrogen (secondary N) is 1. The van der Waals surface area contributed by atoms with E-state index in [9.17, 15) is 9.59 Å². The molecule has 0 fully saturated rings. The molecule has 0 saturated heterocycles. The fourth-order valence-corrected chi connectivity index (χ4v) is 0.696. The van der Waals surface area contributed by atoms with Crippen LogP contribution in [0, 0.1) is 5.92 Å². The van der Waals surface area contributed by atoms with Gasteiger partial charge >= 0.3 is 0 Å². The minimum absolute atomic E-state index is 0.0288. The van der Waals surface area contributed by atoms with Crippen molar-refractivity contribution in [3.05, 3.63) is 0 Å². The number of ketones is 1. The predicted octanol–water partition coefficient (Wildman–Crippen LogP) is 1.13. The average molecular weight is 171 g/mol. The molecule has 0 spiro atoms. The van der Waals surface area contributed by atoms with Gasteiger partial charge in [-0.3, -0.25) is 4.79 Å². The predicted molar refractivity (Wildman–Crippen MR) is 47.8 cm³/mol. The SMILES string of the molecule is CC(=O)CCC(=O)NCC(C)C. The largest absolute Gasteiger partial charge is 0.356 e. The van der Waals surface area contributed by atoms with Gasteiger partial charge in [-0.2, -0.15) is 0 Å². The van der Waals surface area contributed by atoms with Crippen LogP contribution in [0.1, 0.15) is 33.6 Å². The summed E-state index contributed by atoms with van der Waals surface area (Å²) in [7, 11) is 0. The maximum absolute atomic E-state index is 11.0. The van der Waals surface area contributed by atoms with Crippen molar-refractivity contribution in [1.29, 1.82) is 0 Å². The lowest BCUT2D eigenvalue weighted by molar-refractivity contribution is -0.124. The molecular formula is C9H17NO2. The van der Waals surface area contributed by atoms with Crippen molar-refractivity contribution in [2.24, 2.45) is 5.92 Å². The van der Waals surface area contributed by atoms with Gasteiger partial charge in [-0.15, -0.1) is 0 Å². The molecule has 0 aliphatic rings. The van der Waals surface area contributed by atoms with E-state index in [1.165, 1.54) is 6.92 Å². The van der Waals surface area contributed by atoms with Gasteiger partial charge in [0, 0.05) is 19.4 Å². The first-order chi connectivity index (χ1) is 5.52. The highest BCUT2D eigenvalue weighted by molar-refractivity contribution is 5.83. The highest BCUT2D eigenvalue weighted by atomic mass is 16.2. The number of amides is 1. The molecule has 0 radical (unpaired) electrons. The van der Waals surface area contributed by atoms with E-state index in [0.29, 0.717) is 25.3 Å². The summed E-state index contributed by atoms with van der Waals surface area (Å²) in [6, 6.07) is 0. The van der Waals surface area contributed by atoms with Crippen LogP contribution in [0.2, 0.25) is 0 Å². The molecule has 0 saturated carbocycles. The highest BCUT2D eigenvalue weighted by Crippen LogP contribution is 1.92. The van der Waals surface area contributed by atoms with E-state index < -0.39 is 0 Å². The zero-order valence-electron chi connectivity index (χ0n) is 8.02. The first-order valence-corrected chi connectivity index (χ1v) is 4.28. The summed E-state index contributed by atoms with van der Waals surface area (Å²) in [6.07, 6.45) is 0.673. The van der Waals surface area contributed by atoms with Gasteiger partial charge in [0.1, 0.15) is 5.78 Å². The van der Waals surface area contributed by atoms with Gasteiger partial charge in [0.2, 0.25) is 5.91 Å². The minimum atomic E-state index is -0.0288. The van der Waals surface area contributed by atoms with Crippen LogP contribution in [0.4, 0.5) is 0 Å². The van der Waals surface area contributed by atoms with Crippen LogP contribution < -0.4 is 5.32 Å². The summed E-state index contributed by atoms with van der Waals surface area (Å²) >= 11 is 0. The van der Waals surface area contributed by atoms with Crippen molar-refractivity contribution in [3.8, 4) is 0 Å². The standard InChI is InChI=1S/C9H17NO2/c1-7(2)6-10-9(12)5-4-8(3)11/h7H,4-6H2,1-3H3,(H,10,12). The molecule has 0 aliphatic carbocycles. The second-order valence-electron chi connectivity index (χ2n) is 3.40. The van der Waals surface area contributed by atoms with Crippen LogP contribution in [0.3, 0.4) is 0 Å². The first-order valence-electron chi connectivity index (χ1n) is 4.28. The Morgan fingerprint density at radius 2 is 1.83 bits per heavy atom. The summed E-state index contributed by atoms with van der Waals surface area (Å²) < 4.78 is 0. The van der Waals surface area contributed by atoms with Crippen LogP contribution >= 0.6 is 0 Å². The van der Waals surface area contributed by atoms with Crippen molar-refractivity contribution in [3.63, 3.8) is 0 Å². The molecule has 0 aliphatic heterocycles. The lowest BCUT2D eigenvalue weighted by atomic mass is 10.2. The second kappa shape index (κ2) is 5.75. The Morgan fingerprint density at radius 3 is 2.25 bits per heavy atom. The maximum atomic E-state index is 11.0. The van der Waals surface area contributed by atoms with Gasteiger partial charge in [0.25, 0.3) is 0 Å². The van der Waals surface area contributed by atoms with E-state index in [1.54, 1.807) is 0 Å². The van der Waals surface area contributed by atoms with Gasteiger partial charge in [0.05, 0.1) is 0 Å². The molecule has 0 heterocycles. The molecule has 1 N–H and O–H groups in total. The molecular weight excluding hydrogens is 154 g/mol. The lowest BCUT2D eigenvalue weighted by Crippen LogP contribution is -2.27. The summed E-state index contributed by atoms with van der Waals surface area (Å²) in [5.41, 5.74) is 0. The summed E-state index contributed by atoms with van der Waals surface area (Å²) in [5.74, 6) is 0.500. The van der Waals surface area contributed by atoms with E-state index >= 15 is 0 Å². The molecule has 0 aromatic heterocycles. The Kier molecular flexibility index (Phi) is 5.34. The third kappa shape index (κ3) is 7.25. The van der Waals surface area contributed by atoms with Crippen molar-refractivity contribution in [2.45, 2.75) is 33.6 Å². The Hall–Kier alpha value is -0.860. The van der Waals surface area contributed by atoms with Crippen molar-refractivity contribution < 1.29 is 9.59 Å². The van der Waals surface area contributed by atoms with Crippen LogP contribution in [0.5, 0.6) is 0 Å². The quantitative estimate of drug-likeness (QED) is 0.674. The van der Waals surface area contributed by atoms with Gasteiger partial charge in [-0.1, -0.05) is 13.8 Å². The fraction of sp³-hybridized carbons (Fsp3) is 0.778. The molecule has 0 rings (SSSR count). The van der Waals surface area contributed by atoms with Gasteiger partial charge in [-0.05, 0) is 12.8 Å². The normalized spacial score (nSPS) is 10.0. The molecule has 0 bridgehead atoms. The molecule has 0 aromatic rings. The molecule has 3 heteroatoms. The maximum Gasteiger partial charge on any atom is 0.220 e.